The fourth-order valence-electron chi connectivity index (χ4n) is 1.86. The van der Waals surface area contributed by atoms with Crippen molar-refractivity contribution in [1.82, 2.24) is 0 Å². The first-order valence-electron chi connectivity index (χ1n) is 6.56. The van der Waals surface area contributed by atoms with Crippen LogP contribution in [0, 0.1) is 0 Å². The standard InChI is InChI=1S/C17H16ClNO2/c1-2-7-13-8-3-6-11-16(13)21-12-17(20)19-15-10-5-4-9-14(15)18/h2-6,8-11H,1,7,12H2,(H,19,20). The van der Waals surface area contributed by atoms with Crippen molar-refractivity contribution in [2.75, 3.05) is 11.9 Å². The summed E-state index contributed by atoms with van der Waals surface area (Å²) in [5, 5.41) is 3.21. The van der Waals surface area contributed by atoms with Crippen molar-refractivity contribution < 1.29 is 9.53 Å². The van der Waals surface area contributed by atoms with Crippen LogP contribution in [-0.2, 0) is 11.2 Å². The monoisotopic (exact) mass is 301 g/mol. The first-order valence-corrected chi connectivity index (χ1v) is 6.94. The molecule has 0 saturated carbocycles. The fraction of sp³-hybridized carbons (Fsp3) is 0.118. The number of halogens is 1. The minimum atomic E-state index is -0.253. The summed E-state index contributed by atoms with van der Waals surface area (Å²) in [6, 6.07) is 14.7. The van der Waals surface area contributed by atoms with Crippen LogP contribution in [0.2, 0.25) is 5.02 Å². The molecule has 0 heterocycles. The van der Waals surface area contributed by atoms with Crippen molar-refractivity contribution >= 4 is 23.2 Å². The number of benzene rings is 2. The number of hydrogen-bond acceptors (Lipinski definition) is 2. The molecule has 2 aromatic carbocycles. The van der Waals surface area contributed by atoms with Gasteiger partial charge in [0.2, 0.25) is 0 Å². The minimum Gasteiger partial charge on any atom is -0.483 e. The summed E-state index contributed by atoms with van der Waals surface area (Å²) in [5.74, 6) is 0.434. The number of nitrogens with one attached hydrogen (secondary N) is 1. The Morgan fingerprint density at radius 3 is 2.67 bits per heavy atom. The van der Waals surface area contributed by atoms with Gasteiger partial charge < -0.3 is 10.1 Å². The zero-order valence-electron chi connectivity index (χ0n) is 11.5. The van der Waals surface area contributed by atoms with E-state index in [1.54, 1.807) is 24.3 Å². The van der Waals surface area contributed by atoms with E-state index in [4.69, 9.17) is 16.3 Å². The molecule has 2 rings (SSSR count). The van der Waals surface area contributed by atoms with Crippen molar-refractivity contribution in [1.29, 1.82) is 0 Å². The Kier molecular flexibility index (Phi) is 5.41. The zero-order chi connectivity index (χ0) is 15.1. The van der Waals surface area contributed by atoms with E-state index in [0.717, 1.165) is 5.56 Å². The van der Waals surface area contributed by atoms with E-state index in [1.807, 2.05) is 30.3 Å². The Labute approximate surface area is 129 Å². The summed E-state index contributed by atoms with van der Waals surface area (Å²) in [5.41, 5.74) is 1.57. The number of allylic oxidation sites excluding steroid dienone is 1. The molecule has 2 aromatic rings. The lowest BCUT2D eigenvalue weighted by atomic mass is 10.1. The minimum absolute atomic E-state index is 0.0701. The Hall–Kier alpha value is -2.26. The molecular weight excluding hydrogens is 286 g/mol. The van der Waals surface area contributed by atoms with E-state index in [9.17, 15) is 4.79 Å². The molecule has 108 valence electrons. The van der Waals surface area contributed by atoms with Gasteiger partial charge in [-0.3, -0.25) is 4.79 Å². The highest BCUT2D eigenvalue weighted by molar-refractivity contribution is 6.33. The van der Waals surface area contributed by atoms with Crippen LogP contribution < -0.4 is 10.1 Å². The van der Waals surface area contributed by atoms with Gasteiger partial charge in [-0.15, -0.1) is 6.58 Å². The van der Waals surface area contributed by atoms with Crippen LogP contribution in [0.25, 0.3) is 0 Å². The third kappa shape index (κ3) is 4.36. The molecule has 0 unspecified atom stereocenters. The molecule has 0 aromatic heterocycles. The number of carbonyl (C=O) groups excluding carboxylic acids is 1. The average Bonchev–Trinajstić information content (AvgIpc) is 2.49. The second-order valence-corrected chi connectivity index (χ2v) is 4.82. The smallest absolute Gasteiger partial charge is 0.262 e. The summed E-state index contributed by atoms with van der Waals surface area (Å²) < 4.78 is 5.56. The predicted octanol–water partition coefficient (Wildman–Crippen LogP) is 4.09. The molecule has 1 amide bonds. The first kappa shape index (κ1) is 15.1. The number of anilines is 1. The SMILES string of the molecule is C=CCc1ccccc1OCC(=O)Nc1ccccc1Cl. The lowest BCUT2D eigenvalue weighted by Gasteiger charge is -2.11. The first-order chi connectivity index (χ1) is 10.2. The van der Waals surface area contributed by atoms with Crippen LogP contribution >= 0.6 is 11.6 Å². The Balaban J connectivity index is 1.95. The van der Waals surface area contributed by atoms with Crippen molar-refractivity contribution in [2.45, 2.75) is 6.42 Å². The van der Waals surface area contributed by atoms with Gasteiger partial charge in [0.25, 0.3) is 5.91 Å². The van der Waals surface area contributed by atoms with E-state index in [0.29, 0.717) is 22.9 Å². The summed E-state index contributed by atoms with van der Waals surface area (Å²) in [6.07, 6.45) is 2.49. The summed E-state index contributed by atoms with van der Waals surface area (Å²) in [7, 11) is 0. The molecule has 0 bridgehead atoms. The molecule has 3 nitrogen and oxygen atoms in total. The van der Waals surface area contributed by atoms with Crippen LogP contribution in [0.15, 0.2) is 61.2 Å². The van der Waals surface area contributed by atoms with Crippen molar-refractivity contribution in [3.05, 3.63) is 71.8 Å². The number of amides is 1. The quantitative estimate of drug-likeness (QED) is 0.816. The highest BCUT2D eigenvalue weighted by Crippen LogP contribution is 2.21. The number of hydrogen-bond donors (Lipinski definition) is 1. The molecule has 0 aliphatic heterocycles. The average molecular weight is 302 g/mol. The molecule has 0 spiro atoms. The lowest BCUT2D eigenvalue weighted by molar-refractivity contribution is -0.118. The molecule has 0 atom stereocenters. The number of ether oxygens (including phenoxy) is 1. The molecule has 0 fully saturated rings. The lowest BCUT2D eigenvalue weighted by Crippen LogP contribution is -2.20. The van der Waals surface area contributed by atoms with E-state index in [1.165, 1.54) is 0 Å². The molecule has 4 heteroatoms. The molecule has 0 aliphatic rings. The van der Waals surface area contributed by atoms with E-state index < -0.39 is 0 Å². The third-order valence-electron chi connectivity index (χ3n) is 2.84. The van der Waals surface area contributed by atoms with Gasteiger partial charge in [-0.25, -0.2) is 0 Å². The van der Waals surface area contributed by atoms with Gasteiger partial charge in [0.1, 0.15) is 5.75 Å². The number of para-hydroxylation sites is 2. The Bertz CT molecular complexity index is 640. The molecule has 0 saturated heterocycles. The number of carbonyl (C=O) groups is 1. The van der Waals surface area contributed by atoms with Crippen molar-refractivity contribution in [2.24, 2.45) is 0 Å². The van der Waals surface area contributed by atoms with Gasteiger partial charge in [0.05, 0.1) is 10.7 Å². The van der Waals surface area contributed by atoms with E-state index >= 15 is 0 Å². The number of rotatable bonds is 6. The van der Waals surface area contributed by atoms with Gasteiger partial charge in [0, 0.05) is 0 Å². The van der Waals surface area contributed by atoms with Gasteiger partial charge in [-0.2, -0.15) is 0 Å². The van der Waals surface area contributed by atoms with Gasteiger partial charge in [-0.05, 0) is 30.2 Å². The predicted molar refractivity (Wildman–Crippen MR) is 85.9 cm³/mol. The molecule has 0 aliphatic carbocycles. The Morgan fingerprint density at radius 2 is 1.90 bits per heavy atom. The summed E-state index contributed by atoms with van der Waals surface area (Å²) in [4.78, 5) is 11.9. The highest BCUT2D eigenvalue weighted by Gasteiger charge is 2.08. The maximum atomic E-state index is 11.9. The summed E-state index contributed by atoms with van der Waals surface area (Å²) in [6.45, 7) is 3.64. The second-order valence-electron chi connectivity index (χ2n) is 4.42. The third-order valence-corrected chi connectivity index (χ3v) is 3.17. The van der Waals surface area contributed by atoms with Crippen molar-refractivity contribution in [3.8, 4) is 5.75 Å². The van der Waals surface area contributed by atoms with Crippen LogP contribution in [0.5, 0.6) is 5.75 Å². The van der Waals surface area contributed by atoms with Gasteiger partial charge >= 0.3 is 0 Å². The maximum Gasteiger partial charge on any atom is 0.262 e. The topological polar surface area (TPSA) is 38.3 Å². The van der Waals surface area contributed by atoms with Gasteiger partial charge in [0.15, 0.2) is 6.61 Å². The summed E-state index contributed by atoms with van der Waals surface area (Å²) >= 11 is 5.99. The normalized spacial score (nSPS) is 9.95. The van der Waals surface area contributed by atoms with E-state index in [2.05, 4.69) is 11.9 Å². The van der Waals surface area contributed by atoms with Crippen molar-refractivity contribution in [3.63, 3.8) is 0 Å². The van der Waals surface area contributed by atoms with Crippen LogP contribution in [0.4, 0.5) is 5.69 Å². The molecule has 21 heavy (non-hydrogen) atoms. The zero-order valence-corrected chi connectivity index (χ0v) is 12.3. The molecule has 1 N–H and O–H groups in total. The highest BCUT2D eigenvalue weighted by atomic mass is 35.5. The second kappa shape index (κ2) is 7.50. The molecule has 0 radical (unpaired) electrons. The van der Waals surface area contributed by atoms with E-state index in [-0.39, 0.29) is 12.5 Å². The Morgan fingerprint density at radius 1 is 1.19 bits per heavy atom. The maximum absolute atomic E-state index is 11.9. The van der Waals surface area contributed by atoms with Crippen LogP contribution in [0.1, 0.15) is 5.56 Å². The van der Waals surface area contributed by atoms with Gasteiger partial charge in [-0.1, -0.05) is 48.0 Å². The van der Waals surface area contributed by atoms with Crippen LogP contribution in [-0.4, -0.2) is 12.5 Å². The fourth-order valence-corrected chi connectivity index (χ4v) is 2.04. The van der Waals surface area contributed by atoms with Crippen LogP contribution in [0.3, 0.4) is 0 Å². The largest absolute Gasteiger partial charge is 0.483 e. The molecular formula is C17H16ClNO2.